The van der Waals surface area contributed by atoms with Gasteiger partial charge in [0, 0.05) is 11.1 Å². The fourth-order valence-electron chi connectivity index (χ4n) is 1.67. The molecule has 2 rings (SSSR count). The third-order valence-electron chi connectivity index (χ3n) is 2.78. The minimum atomic E-state index is -0.392. The summed E-state index contributed by atoms with van der Waals surface area (Å²) < 4.78 is 0. The number of nitriles is 1. The molecule has 0 aromatic heterocycles. The number of carbonyl (C=O) groups excluding carboxylic acids is 1. The topological polar surface area (TPSA) is 64.9 Å². The summed E-state index contributed by atoms with van der Waals surface area (Å²) in [7, 11) is 0. The molecule has 2 aromatic carbocycles. The van der Waals surface area contributed by atoms with Crippen molar-refractivity contribution in [3.05, 3.63) is 68.7 Å². The largest absolute Gasteiger partial charge is 0.295 e. The third kappa shape index (κ3) is 4.90. The fourth-order valence-corrected chi connectivity index (χ4v) is 2.58. The zero-order chi connectivity index (χ0) is 16.8. The van der Waals surface area contributed by atoms with Gasteiger partial charge in [-0.05, 0) is 35.9 Å². The van der Waals surface area contributed by atoms with Crippen molar-refractivity contribution in [3.8, 4) is 6.07 Å². The highest BCUT2D eigenvalue weighted by molar-refractivity contribution is 6.41. The van der Waals surface area contributed by atoms with Crippen LogP contribution >= 0.6 is 34.8 Å². The van der Waals surface area contributed by atoms with Gasteiger partial charge in [0.15, 0.2) is 0 Å². The third-order valence-corrected chi connectivity index (χ3v) is 3.60. The van der Waals surface area contributed by atoms with Crippen molar-refractivity contribution in [2.75, 3.05) is 5.43 Å². The van der Waals surface area contributed by atoms with Gasteiger partial charge in [-0.1, -0.05) is 46.9 Å². The van der Waals surface area contributed by atoms with Crippen LogP contribution in [0.3, 0.4) is 0 Å². The smallest absolute Gasteiger partial charge is 0.262 e. The molecule has 0 bridgehead atoms. The molecule has 0 radical (unpaired) electrons. The molecule has 7 heteroatoms. The Bertz CT molecular complexity index is 772. The van der Waals surface area contributed by atoms with E-state index in [2.05, 4.69) is 10.9 Å². The number of rotatable bonds is 4. The standard InChI is InChI=1S/C16H10Cl3N3O/c17-12-7-13(18)16(14(19)8-12)22-21-15(23)6-5-10-1-3-11(9-20)4-2-10/h1-8,22H,(H,21,23)/b6-5+. The molecule has 2 aromatic rings. The van der Waals surface area contributed by atoms with Gasteiger partial charge >= 0.3 is 0 Å². The summed E-state index contributed by atoms with van der Waals surface area (Å²) in [5.74, 6) is -0.392. The van der Waals surface area contributed by atoms with Gasteiger partial charge in [0.1, 0.15) is 0 Å². The Morgan fingerprint density at radius 1 is 1.09 bits per heavy atom. The van der Waals surface area contributed by atoms with Crippen molar-refractivity contribution in [2.45, 2.75) is 0 Å². The molecule has 0 unspecified atom stereocenters. The average molecular weight is 367 g/mol. The summed E-state index contributed by atoms with van der Waals surface area (Å²) in [6.07, 6.45) is 2.95. The van der Waals surface area contributed by atoms with Crippen LogP contribution in [0.25, 0.3) is 6.08 Å². The van der Waals surface area contributed by atoms with Crippen LogP contribution in [-0.4, -0.2) is 5.91 Å². The maximum atomic E-state index is 11.8. The normalized spacial score (nSPS) is 10.3. The molecule has 2 N–H and O–H groups in total. The number of hydrazine groups is 1. The average Bonchev–Trinajstić information content (AvgIpc) is 2.52. The first-order valence-electron chi connectivity index (χ1n) is 6.38. The highest BCUT2D eigenvalue weighted by Crippen LogP contribution is 2.32. The van der Waals surface area contributed by atoms with E-state index in [4.69, 9.17) is 40.1 Å². The van der Waals surface area contributed by atoms with Gasteiger partial charge < -0.3 is 0 Å². The van der Waals surface area contributed by atoms with Gasteiger partial charge in [0.25, 0.3) is 5.91 Å². The van der Waals surface area contributed by atoms with Crippen LogP contribution < -0.4 is 10.9 Å². The van der Waals surface area contributed by atoms with Crippen LogP contribution in [0.15, 0.2) is 42.5 Å². The van der Waals surface area contributed by atoms with Gasteiger partial charge in [-0.15, -0.1) is 0 Å². The zero-order valence-electron chi connectivity index (χ0n) is 11.6. The SMILES string of the molecule is N#Cc1ccc(/C=C/C(=O)NNc2c(Cl)cc(Cl)cc2Cl)cc1. The number of carbonyl (C=O) groups is 1. The first kappa shape index (κ1) is 17.2. The molecule has 0 aliphatic carbocycles. The van der Waals surface area contributed by atoms with Gasteiger partial charge in [-0.3, -0.25) is 15.6 Å². The maximum Gasteiger partial charge on any atom is 0.262 e. The van der Waals surface area contributed by atoms with Crippen molar-refractivity contribution in [1.29, 1.82) is 5.26 Å². The number of hydrogen-bond acceptors (Lipinski definition) is 3. The lowest BCUT2D eigenvalue weighted by Gasteiger charge is -2.10. The number of benzene rings is 2. The predicted molar refractivity (Wildman–Crippen MR) is 93.4 cm³/mol. The highest BCUT2D eigenvalue weighted by Gasteiger charge is 2.08. The van der Waals surface area contributed by atoms with Crippen molar-refractivity contribution >= 4 is 52.5 Å². The quantitative estimate of drug-likeness (QED) is 0.610. The van der Waals surface area contributed by atoms with Crippen molar-refractivity contribution in [3.63, 3.8) is 0 Å². The molecule has 0 aliphatic rings. The lowest BCUT2D eigenvalue weighted by molar-refractivity contribution is -0.115. The molecule has 23 heavy (non-hydrogen) atoms. The molecule has 0 spiro atoms. The molecule has 4 nitrogen and oxygen atoms in total. The summed E-state index contributed by atoms with van der Waals surface area (Å²) in [5, 5.41) is 9.70. The number of nitrogens with zero attached hydrogens (tertiary/aromatic N) is 1. The lowest BCUT2D eigenvalue weighted by atomic mass is 10.1. The van der Waals surface area contributed by atoms with Gasteiger partial charge in [-0.2, -0.15) is 5.26 Å². The second-order valence-corrected chi connectivity index (χ2v) is 5.68. The molecule has 1 amide bonds. The molecule has 0 saturated heterocycles. The zero-order valence-corrected chi connectivity index (χ0v) is 13.9. The summed E-state index contributed by atoms with van der Waals surface area (Å²) in [5.41, 5.74) is 6.81. The van der Waals surface area contributed by atoms with Crippen LogP contribution in [0.4, 0.5) is 5.69 Å². The number of halogens is 3. The van der Waals surface area contributed by atoms with Gasteiger partial charge in [-0.25, -0.2) is 0 Å². The van der Waals surface area contributed by atoms with E-state index in [0.29, 0.717) is 26.3 Å². The Morgan fingerprint density at radius 2 is 1.70 bits per heavy atom. The molecule has 0 heterocycles. The Hall–Kier alpha value is -2.19. The minimum absolute atomic E-state index is 0.291. The van der Waals surface area contributed by atoms with Crippen molar-refractivity contribution in [1.82, 2.24) is 5.43 Å². The summed E-state index contributed by atoms with van der Waals surface area (Å²) in [4.78, 5) is 11.8. The Balaban J connectivity index is 1.97. The van der Waals surface area contributed by atoms with Crippen LogP contribution in [0.5, 0.6) is 0 Å². The van der Waals surface area contributed by atoms with E-state index in [0.717, 1.165) is 5.56 Å². The van der Waals surface area contributed by atoms with Crippen LogP contribution in [-0.2, 0) is 4.79 Å². The maximum absolute atomic E-state index is 11.8. The van der Waals surface area contributed by atoms with Crippen molar-refractivity contribution < 1.29 is 4.79 Å². The van der Waals surface area contributed by atoms with E-state index in [9.17, 15) is 4.79 Å². The van der Waals surface area contributed by atoms with E-state index in [1.54, 1.807) is 30.3 Å². The summed E-state index contributed by atoms with van der Waals surface area (Å²) in [6, 6.07) is 11.9. The number of amides is 1. The molecule has 0 fully saturated rings. The Morgan fingerprint density at radius 3 is 2.26 bits per heavy atom. The van der Waals surface area contributed by atoms with Crippen LogP contribution in [0.1, 0.15) is 11.1 Å². The Labute approximate surface area is 148 Å². The molecular formula is C16H10Cl3N3O. The monoisotopic (exact) mass is 365 g/mol. The number of nitrogens with one attached hydrogen (secondary N) is 2. The predicted octanol–water partition coefficient (Wildman–Crippen LogP) is 4.67. The van der Waals surface area contributed by atoms with Crippen LogP contribution in [0.2, 0.25) is 15.1 Å². The number of anilines is 1. The Kier molecular flexibility index (Phi) is 5.89. The van der Waals surface area contributed by atoms with Gasteiger partial charge in [0.2, 0.25) is 0 Å². The lowest BCUT2D eigenvalue weighted by Crippen LogP contribution is -2.27. The molecule has 0 aliphatic heterocycles. The first-order chi connectivity index (χ1) is 11.0. The second-order valence-electron chi connectivity index (χ2n) is 4.43. The van der Waals surface area contributed by atoms with Crippen molar-refractivity contribution in [2.24, 2.45) is 0 Å². The molecular weight excluding hydrogens is 357 g/mol. The number of hydrogen-bond donors (Lipinski definition) is 2. The molecule has 0 atom stereocenters. The minimum Gasteiger partial charge on any atom is -0.295 e. The molecule has 116 valence electrons. The highest BCUT2D eigenvalue weighted by atomic mass is 35.5. The summed E-state index contributed by atoms with van der Waals surface area (Å²) >= 11 is 17.8. The van der Waals surface area contributed by atoms with E-state index in [-0.39, 0.29) is 0 Å². The van der Waals surface area contributed by atoms with E-state index < -0.39 is 5.91 Å². The van der Waals surface area contributed by atoms with E-state index in [1.165, 1.54) is 18.2 Å². The van der Waals surface area contributed by atoms with Gasteiger partial charge in [0.05, 0.1) is 27.4 Å². The summed E-state index contributed by atoms with van der Waals surface area (Å²) in [6.45, 7) is 0. The fraction of sp³-hybridized carbons (Fsp3) is 0. The van der Waals surface area contributed by atoms with E-state index >= 15 is 0 Å². The first-order valence-corrected chi connectivity index (χ1v) is 7.52. The van der Waals surface area contributed by atoms with E-state index in [1.807, 2.05) is 6.07 Å². The second kappa shape index (κ2) is 7.89. The van der Waals surface area contributed by atoms with Crippen LogP contribution in [0, 0.1) is 11.3 Å². The molecule has 0 saturated carbocycles.